The van der Waals surface area contributed by atoms with Gasteiger partial charge < -0.3 is 35.1 Å². The molecule has 0 aliphatic carbocycles. The van der Waals surface area contributed by atoms with Crippen LogP contribution in [0.5, 0.6) is 11.5 Å². The van der Waals surface area contributed by atoms with Crippen molar-refractivity contribution in [3.63, 3.8) is 0 Å². The van der Waals surface area contributed by atoms with E-state index in [1.165, 1.54) is 6.33 Å². The van der Waals surface area contributed by atoms with E-state index in [0.717, 1.165) is 0 Å². The number of carboxylic acid groups (broad SMARTS) is 1. The summed E-state index contributed by atoms with van der Waals surface area (Å²) < 4.78 is 11.3. The number of ether oxygens (including phenoxy) is 1. The van der Waals surface area contributed by atoms with Crippen molar-refractivity contribution >= 4 is 19.0 Å². The van der Waals surface area contributed by atoms with Gasteiger partial charge in [-0.1, -0.05) is 6.07 Å². The Labute approximate surface area is 166 Å². The fourth-order valence-electron chi connectivity index (χ4n) is 3.68. The minimum Gasteiger partial charge on any atom is -0.535 e. The normalized spacial score (nSPS) is 19.4. The molecule has 1 fully saturated rings. The molecule has 152 valence electrons. The van der Waals surface area contributed by atoms with Crippen molar-refractivity contribution in [1.29, 1.82) is 0 Å². The number of rotatable bonds is 5. The summed E-state index contributed by atoms with van der Waals surface area (Å²) >= 11 is 0. The molecule has 1 saturated heterocycles. The molecule has 2 aliphatic heterocycles. The van der Waals surface area contributed by atoms with E-state index in [2.05, 4.69) is 9.97 Å². The molecular formula is C18H21BN4O6. The van der Waals surface area contributed by atoms with Crippen LogP contribution in [0.4, 0.5) is 0 Å². The van der Waals surface area contributed by atoms with Gasteiger partial charge in [0.15, 0.2) is 0 Å². The molecule has 1 aromatic carbocycles. The highest BCUT2D eigenvalue weighted by atomic mass is 16.5. The third-order valence-electron chi connectivity index (χ3n) is 5.18. The quantitative estimate of drug-likeness (QED) is 0.520. The second kappa shape index (κ2) is 7.76. The summed E-state index contributed by atoms with van der Waals surface area (Å²) in [6.45, 7) is 0.737. The number of carbonyl (C=O) groups is 2. The van der Waals surface area contributed by atoms with Gasteiger partial charge >= 0.3 is 13.1 Å². The van der Waals surface area contributed by atoms with Gasteiger partial charge in [0.1, 0.15) is 29.2 Å². The zero-order valence-corrected chi connectivity index (χ0v) is 15.6. The van der Waals surface area contributed by atoms with E-state index in [0.29, 0.717) is 37.0 Å². The first-order valence-electron chi connectivity index (χ1n) is 9.37. The third kappa shape index (κ3) is 3.78. The van der Waals surface area contributed by atoms with Gasteiger partial charge in [-0.2, -0.15) is 0 Å². The number of amides is 1. The molecule has 29 heavy (non-hydrogen) atoms. The molecule has 0 radical (unpaired) electrons. The number of nitrogens with two attached hydrogens (primary N) is 1. The molecule has 1 aromatic heterocycles. The lowest BCUT2D eigenvalue weighted by atomic mass is 9.78. The highest BCUT2D eigenvalue weighted by Gasteiger charge is 2.34. The largest absolute Gasteiger partial charge is 0.535 e. The molecule has 2 aliphatic rings. The van der Waals surface area contributed by atoms with E-state index in [4.69, 9.17) is 15.1 Å². The summed E-state index contributed by atoms with van der Waals surface area (Å²) in [4.78, 5) is 32.8. The summed E-state index contributed by atoms with van der Waals surface area (Å²) in [7, 11) is -1.04. The number of H-pyrrole nitrogens is 1. The van der Waals surface area contributed by atoms with E-state index in [9.17, 15) is 19.7 Å². The van der Waals surface area contributed by atoms with Gasteiger partial charge in [-0.3, -0.25) is 4.79 Å². The summed E-state index contributed by atoms with van der Waals surface area (Å²) in [5, 5.41) is 19.4. The zero-order valence-electron chi connectivity index (χ0n) is 15.6. The molecule has 5 N–H and O–H groups in total. The number of hydrogen-bond acceptors (Lipinski definition) is 7. The van der Waals surface area contributed by atoms with Gasteiger partial charge in [0.25, 0.3) is 0 Å². The molecule has 0 spiro atoms. The monoisotopic (exact) mass is 400 g/mol. The molecule has 1 amide bonds. The number of likely N-dealkylation sites (tertiary alicyclic amines) is 1. The van der Waals surface area contributed by atoms with Crippen molar-refractivity contribution in [2.45, 2.75) is 31.3 Å². The Hall–Kier alpha value is -3.05. The van der Waals surface area contributed by atoms with Crippen LogP contribution >= 0.6 is 0 Å². The summed E-state index contributed by atoms with van der Waals surface area (Å²) in [6, 6.07) is 2.48. The zero-order chi connectivity index (χ0) is 20.5. The average Bonchev–Trinajstić information content (AvgIpc) is 3.38. The standard InChI is InChI=1S/C18H21BN4O6/c20-15(12-7-21-9-22-12)17(24)23-6-4-11(8-23)28-13-2-1-10-3-5-19(27)29-16(10)14(13)18(25)26/h1-2,7,9,11,15,27H,3-6,8,20H2,(H,21,22)(H,25,26)/t11-,15?/m1/s1. The molecule has 4 rings (SSSR count). The van der Waals surface area contributed by atoms with Gasteiger partial charge in [-0.05, 0) is 24.4 Å². The lowest BCUT2D eigenvalue weighted by molar-refractivity contribution is -0.132. The van der Waals surface area contributed by atoms with Gasteiger partial charge in [0.05, 0.1) is 18.6 Å². The number of carbonyl (C=O) groups excluding carboxylic acids is 1. The Bertz CT molecular complexity index is 921. The van der Waals surface area contributed by atoms with Crippen LogP contribution in [0.15, 0.2) is 24.7 Å². The van der Waals surface area contributed by atoms with Crippen molar-refractivity contribution in [2.24, 2.45) is 5.73 Å². The van der Waals surface area contributed by atoms with Crippen LogP contribution in [0.3, 0.4) is 0 Å². The minimum absolute atomic E-state index is 0.112. The highest BCUT2D eigenvalue weighted by Crippen LogP contribution is 2.37. The molecule has 2 atom stereocenters. The maximum absolute atomic E-state index is 12.6. The summed E-state index contributed by atoms with van der Waals surface area (Å²) in [6.07, 6.45) is 4.12. The Balaban J connectivity index is 1.48. The van der Waals surface area contributed by atoms with Crippen LogP contribution in [-0.2, 0) is 11.2 Å². The molecule has 11 heteroatoms. The van der Waals surface area contributed by atoms with Gasteiger partial charge in [0.2, 0.25) is 5.91 Å². The maximum Gasteiger partial charge on any atom is 0.522 e. The topological polar surface area (TPSA) is 151 Å². The fourth-order valence-corrected chi connectivity index (χ4v) is 3.68. The van der Waals surface area contributed by atoms with E-state index in [1.54, 1.807) is 23.2 Å². The summed E-state index contributed by atoms with van der Waals surface area (Å²) in [5.41, 5.74) is 7.04. The first kappa shape index (κ1) is 19.3. The number of benzene rings is 1. The van der Waals surface area contributed by atoms with Crippen LogP contribution in [-0.4, -0.2) is 63.2 Å². The number of nitrogens with zero attached hydrogens (tertiary/aromatic N) is 2. The SMILES string of the molecule is NC(C(=O)N1CC[C@@H](Oc2ccc3c(c2C(=O)O)OB(O)CC3)C1)c1c[nH]cn1. The van der Waals surface area contributed by atoms with Crippen LogP contribution in [0.2, 0.25) is 6.32 Å². The molecule has 2 aromatic rings. The second-order valence-corrected chi connectivity index (χ2v) is 7.13. The molecule has 0 bridgehead atoms. The van der Waals surface area contributed by atoms with E-state index in [1.807, 2.05) is 0 Å². The lowest BCUT2D eigenvalue weighted by Gasteiger charge is -2.24. The van der Waals surface area contributed by atoms with Crippen molar-refractivity contribution in [2.75, 3.05) is 13.1 Å². The van der Waals surface area contributed by atoms with Crippen molar-refractivity contribution in [1.82, 2.24) is 14.9 Å². The van der Waals surface area contributed by atoms with Crippen LogP contribution < -0.4 is 15.1 Å². The van der Waals surface area contributed by atoms with E-state index in [-0.39, 0.29) is 35.6 Å². The first-order valence-corrected chi connectivity index (χ1v) is 9.37. The second-order valence-electron chi connectivity index (χ2n) is 7.13. The number of aromatic carboxylic acids is 1. The van der Waals surface area contributed by atoms with Gasteiger partial charge in [-0.15, -0.1) is 0 Å². The number of carboxylic acids is 1. The van der Waals surface area contributed by atoms with Crippen molar-refractivity contribution in [3.05, 3.63) is 41.5 Å². The predicted octanol–water partition coefficient (Wildman–Crippen LogP) is 0.203. The number of imidazole rings is 1. The number of aryl methyl sites for hydroxylation is 1. The summed E-state index contributed by atoms with van der Waals surface area (Å²) in [5.74, 6) is -1.17. The Morgan fingerprint density at radius 2 is 2.28 bits per heavy atom. The number of fused-ring (bicyclic) bond motifs is 1. The van der Waals surface area contributed by atoms with Gasteiger partial charge in [0, 0.05) is 19.2 Å². The molecule has 1 unspecified atom stereocenters. The van der Waals surface area contributed by atoms with E-state index >= 15 is 0 Å². The first-order chi connectivity index (χ1) is 13.9. The highest BCUT2D eigenvalue weighted by molar-refractivity contribution is 6.44. The average molecular weight is 400 g/mol. The van der Waals surface area contributed by atoms with Crippen molar-refractivity contribution < 1.29 is 29.1 Å². The smallest absolute Gasteiger partial charge is 0.522 e. The lowest BCUT2D eigenvalue weighted by Crippen LogP contribution is -2.38. The van der Waals surface area contributed by atoms with Gasteiger partial charge in [-0.25, -0.2) is 9.78 Å². The molecule has 10 nitrogen and oxygen atoms in total. The molecule has 3 heterocycles. The minimum atomic E-state index is -1.20. The fraction of sp³-hybridized carbons (Fsp3) is 0.389. The number of nitrogens with one attached hydrogen (secondary N) is 1. The Morgan fingerprint density at radius 3 is 3.00 bits per heavy atom. The maximum atomic E-state index is 12.6. The Kier molecular flexibility index (Phi) is 5.16. The molecule has 0 saturated carbocycles. The number of hydrogen-bond donors (Lipinski definition) is 4. The predicted molar refractivity (Wildman–Crippen MR) is 102 cm³/mol. The van der Waals surface area contributed by atoms with Crippen LogP contribution in [0, 0.1) is 0 Å². The van der Waals surface area contributed by atoms with Crippen LogP contribution in [0.25, 0.3) is 0 Å². The number of aromatic amines is 1. The third-order valence-corrected chi connectivity index (χ3v) is 5.18. The van der Waals surface area contributed by atoms with Crippen molar-refractivity contribution in [3.8, 4) is 11.5 Å². The Morgan fingerprint density at radius 1 is 1.45 bits per heavy atom. The van der Waals surface area contributed by atoms with E-state index < -0.39 is 19.1 Å². The van der Waals surface area contributed by atoms with Crippen LogP contribution in [0.1, 0.15) is 34.1 Å². The number of aromatic nitrogens is 2. The molecular weight excluding hydrogens is 379 g/mol.